The Bertz CT molecular complexity index is 174. The van der Waals surface area contributed by atoms with E-state index < -0.39 is 0 Å². The minimum atomic E-state index is -0.202. The SMILES string of the molecule is CCCN(CC)CC(NCC)C(=O)OC. The molecule has 1 unspecified atom stereocenters. The van der Waals surface area contributed by atoms with Gasteiger partial charge >= 0.3 is 5.97 Å². The minimum absolute atomic E-state index is 0.175. The molecule has 0 bridgehead atoms. The molecular weight excluding hydrogens is 192 g/mol. The van der Waals surface area contributed by atoms with E-state index in [-0.39, 0.29) is 12.0 Å². The van der Waals surface area contributed by atoms with Crippen LogP contribution in [-0.2, 0) is 9.53 Å². The fourth-order valence-corrected chi connectivity index (χ4v) is 1.56. The standard InChI is InChI=1S/C11H24N2O2/c1-5-8-13(7-3)9-10(12-6-2)11(14)15-4/h10,12H,5-9H2,1-4H3. The summed E-state index contributed by atoms with van der Waals surface area (Å²) in [5, 5.41) is 3.14. The molecule has 1 N–H and O–H groups in total. The van der Waals surface area contributed by atoms with Crippen LogP contribution in [0, 0.1) is 0 Å². The van der Waals surface area contributed by atoms with Crippen molar-refractivity contribution < 1.29 is 9.53 Å². The summed E-state index contributed by atoms with van der Waals surface area (Å²) >= 11 is 0. The lowest BCUT2D eigenvalue weighted by atomic mass is 10.2. The van der Waals surface area contributed by atoms with Gasteiger partial charge in [0.15, 0.2) is 0 Å². The van der Waals surface area contributed by atoms with Crippen molar-refractivity contribution in [3.63, 3.8) is 0 Å². The summed E-state index contributed by atoms with van der Waals surface area (Å²) in [6.45, 7) is 9.74. The van der Waals surface area contributed by atoms with Crippen molar-refractivity contribution >= 4 is 5.97 Å². The Kier molecular flexibility index (Phi) is 8.33. The number of nitrogens with zero attached hydrogens (tertiary/aromatic N) is 1. The zero-order valence-corrected chi connectivity index (χ0v) is 10.4. The molecule has 0 saturated carbocycles. The van der Waals surface area contributed by atoms with E-state index in [0.717, 1.165) is 32.6 Å². The lowest BCUT2D eigenvalue weighted by Gasteiger charge is -2.24. The number of rotatable bonds is 8. The number of hydrogen-bond acceptors (Lipinski definition) is 4. The van der Waals surface area contributed by atoms with E-state index in [4.69, 9.17) is 4.74 Å². The van der Waals surface area contributed by atoms with Gasteiger partial charge in [-0.1, -0.05) is 20.8 Å². The van der Waals surface area contributed by atoms with Crippen LogP contribution in [0.1, 0.15) is 27.2 Å². The van der Waals surface area contributed by atoms with Gasteiger partial charge in [0.05, 0.1) is 7.11 Å². The maximum Gasteiger partial charge on any atom is 0.324 e. The topological polar surface area (TPSA) is 41.6 Å². The Morgan fingerprint density at radius 1 is 1.40 bits per heavy atom. The van der Waals surface area contributed by atoms with Crippen LogP contribution >= 0.6 is 0 Å². The monoisotopic (exact) mass is 216 g/mol. The van der Waals surface area contributed by atoms with Crippen molar-refractivity contribution in [2.24, 2.45) is 0 Å². The van der Waals surface area contributed by atoms with Gasteiger partial charge in [-0.15, -0.1) is 0 Å². The third-order valence-electron chi connectivity index (χ3n) is 2.36. The molecule has 0 radical (unpaired) electrons. The number of methoxy groups -OCH3 is 1. The van der Waals surface area contributed by atoms with Crippen LogP contribution in [0.15, 0.2) is 0 Å². The molecule has 0 rings (SSSR count). The molecule has 0 aliphatic heterocycles. The number of hydrogen-bond donors (Lipinski definition) is 1. The lowest BCUT2D eigenvalue weighted by Crippen LogP contribution is -2.46. The Hall–Kier alpha value is -0.610. The predicted octanol–water partition coefficient (Wildman–Crippen LogP) is 0.869. The van der Waals surface area contributed by atoms with E-state index >= 15 is 0 Å². The molecule has 0 spiro atoms. The van der Waals surface area contributed by atoms with Gasteiger partial charge in [0.2, 0.25) is 0 Å². The Labute approximate surface area is 93.0 Å². The summed E-state index contributed by atoms with van der Waals surface area (Å²) in [6.07, 6.45) is 1.11. The fourth-order valence-electron chi connectivity index (χ4n) is 1.56. The van der Waals surface area contributed by atoms with Crippen molar-refractivity contribution in [2.75, 3.05) is 33.3 Å². The van der Waals surface area contributed by atoms with Crippen molar-refractivity contribution in [1.82, 2.24) is 10.2 Å². The van der Waals surface area contributed by atoms with Crippen LogP contribution in [-0.4, -0.2) is 50.2 Å². The number of carbonyl (C=O) groups excluding carboxylic acids is 1. The average molecular weight is 216 g/mol. The van der Waals surface area contributed by atoms with Crippen LogP contribution in [0.2, 0.25) is 0 Å². The van der Waals surface area contributed by atoms with Crippen molar-refractivity contribution in [1.29, 1.82) is 0 Å². The lowest BCUT2D eigenvalue weighted by molar-refractivity contribution is -0.143. The maximum absolute atomic E-state index is 11.4. The second-order valence-corrected chi connectivity index (χ2v) is 3.53. The van der Waals surface area contributed by atoms with Crippen LogP contribution in [0.3, 0.4) is 0 Å². The molecule has 0 aromatic carbocycles. The highest BCUT2D eigenvalue weighted by Gasteiger charge is 2.20. The summed E-state index contributed by atoms with van der Waals surface area (Å²) < 4.78 is 4.76. The predicted molar refractivity (Wildman–Crippen MR) is 61.9 cm³/mol. The number of esters is 1. The first kappa shape index (κ1) is 14.4. The summed E-state index contributed by atoms with van der Waals surface area (Å²) in [7, 11) is 1.43. The Balaban J connectivity index is 4.17. The first-order valence-corrected chi connectivity index (χ1v) is 5.73. The molecule has 0 aliphatic rings. The Morgan fingerprint density at radius 2 is 2.07 bits per heavy atom. The van der Waals surface area contributed by atoms with Crippen LogP contribution in [0.25, 0.3) is 0 Å². The molecule has 1 atom stereocenters. The molecule has 0 aromatic heterocycles. The Morgan fingerprint density at radius 3 is 2.47 bits per heavy atom. The van der Waals surface area contributed by atoms with Gasteiger partial charge in [-0.3, -0.25) is 4.79 Å². The van der Waals surface area contributed by atoms with Gasteiger partial charge in [-0.05, 0) is 26.1 Å². The smallest absolute Gasteiger partial charge is 0.324 e. The zero-order chi connectivity index (χ0) is 11.7. The normalized spacial score (nSPS) is 12.9. The fraction of sp³-hybridized carbons (Fsp3) is 0.909. The summed E-state index contributed by atoms with van der Waals surface area (Å²) in [6, 6.07) is -0.202. The summed E-state index contributed by atoms with van der Waals surface area (Å²) in [4.78, 5) is 13.7. The van der Waals surface area contributed by atoms with Gasteiger partial charge in [-0.25, -0.2) is 0 Å². The minimum Gasteiger partial charge on any atom is -0.468 e. The summed E-state index contributed by atoms with van der Waals surface area (Å²) in [5.74, 6) is -0.175. The third kappa shape index (κ3) is 5.74. The second-order valence-electron chi connectivity index (χ2n) is 3.53. The molecule has 0 amide bonds. The van der Waals surface area contributed by atoms with Crippen molar-refractivity contribution in [2.45, 2.75) is 33.2 Å². The van der Waals surface area contributed by atoms with E-state index in [2.05, 4.69) is 24.1 Å². The average Bonchev–Trinajstić information content (AvgIpc) is 2.26. The van der Waals surface area contributed by atoms with Crippen molar-refractivity contribution in [3.8, 4) is 0 Å². The van der Waals surface area contributed by atoms with E-state index in [1.54, 1.807) is 0 Å². The van der Waals surface area contributed by atoms with E-state index in [0.29, 0.717) is 0 Å². The van der Waals surface area contributed by atoms with Gasteiger partial charge in [0.25, 0.3) is 0 Å². The molecular formula is C11H24N2O2. The van der Waals surface area contributed by atoms with E-state index in [1.165, 1.54) is 7.11 Å². The highest BCUT2D eigenvalue weighted by molar-refractivity contribution is 5.75. The quantitative estimate of drug-likeness (QED) is 0.611. The van der Waals surface area contributed by atoms with Gasteiger partial charge in [0.1, 0.15) is 6.04 Å². The molecule has 90 valence electrons. The number of likely N-dealkylation sites (N-methyl/N-ethyl adjacent to an activating group) is 2. The zero-order valence-electron chi connectivity index (χ0n) is 10.4. The molecule has 0 heterocycles. The largest absolute Gasteiger partial charge is 0.468 e. The molecule has 4 nitrogen and oxygen atoms in total. The van der Waals surface area contributed by atoms with E-state index in [1.807, 2.05) is 6.92 Å². The highest BCUT2D eigenvalue weighted by atomic mass is 16.5. The van der Waals surface area contributed by atoms with Crippen LogP contribution in [0.5, 0.6) is 0 Å². The van der Waals surface area contributed by atoms with Crippen LogP contribution in [0.4, 0.5) is 0 Å². The number of ether oxygens (including phenoxy) is 1. The summed E-state index contributed by atoms with van der Waals surface area (Å²) in [5.41, 5.74) is 0. The first-order valence-electron chi connectivity index (χ1n) is 5.73. The number of carbonyl (C=O) groups is 1. The second kappa shape index (κ2) is 8.68. The maximum atomic E-state index is 11.4. The van der Waals surface area contributed by atoms with Gasteiger partial charge in [0, 0.05) is 6.54 Å². The van der Waals surface area contributed by atoms with Gasteiger partial charge in [-0.2, -0.15) is 0 Å². The number of nitrogens with one attached hydrogen (secondary N) is 1. The van der Waals surface area contributed by atoms with Gasteiger partial charge < -0.3 is 15.0 Å². The third-order valence-corrected chi connectivity index (χ3v) is 2.36. The molecule has 0 aliphatic carbocycles. The molecule has 15 heavy (non-hydrogen) atoms. The molecule has 0 aromatic rings. The first-order chi connectivity index (χ1) is 7.19. The molecule has 0 fully saturated rings. The van der Waals surface area contributed by atoms with Crippen LogP contribution < -0.4 is 5.32 Å². The molecule has 0 saturated heterocycles. The molecule has 4 heteroatoms. The van der Waals surface area contributed by atoms with Crippen molar-refractivity contribution in [3.05, 3.63) is 0 Å². The highest BCUT2D eigenvalue weighted by Crippen LogP contribution is 1.96. The van der Waals surface area contributed by atoms with E-state index in [9.17, 15) is 4.79 Å².